The number of fused-ring (bicyclic) bond motifs is 3. The third-order valence-electron chi connectivity index (χ3n) is 3.77. The van der Waals surface area contributed by atoms with Gasteiger partial charge in [-0.05, 0) is 24.7 Å². The molecule has 0 fully saturated rings. The summed E-state index contributed by atoms with van der Waals surface area (Å²) in [4.78, 5) is 21.9. The molecule has 0 saturated heterocycles. The van der Waals surface area contributed by atoms with Crippen LogP contribution in [0, 0.1) is 0 Å². The van der Waals surface area contributed by atoms with Gasteiger partial charge in [0.2, 0.25) is 0 Å². The monoisotopic (exact) mass is 312 g/mol. The summed E-state index contributed by atoms with van der Waals surface area (Å²) in [6.45, 7) is 4.52. The molecule has 0 saturated carbocycles. The summed E-state index contributed by atoms with van der Waals surface area (Å²) in [7, 11) is 0. The Kier molecular flexibility index (Phi) is 3.43. The SMILES string of the molecule is CC[C@@]1(C)Cc2c(sc3nc(SC)[nH]c(=O)c23)CS1. The van der Waals surface area contributed by atoms with E-state index < -0.39 is 0 Å². The van der Waals surface area contributed by atoms with Crippen LogP contribution in [0.15, 0.2) is 9.95 Å². The van der Waals surface area contributed by atoms with Gasteiger partial charge in [0.25, 0.3) is 5.56 Å². The molecule has 0 aromatic carbocycles. The Labute approximate surface area is 124 Å². The summed E-state index contributed by atoms with van der Waals surface area (Å²) in [5, 5.41) is 1.54. The van der Waals surface area contributed by atoms with Gasteiger partial charge in [-0.15, -0.1) is 23.1 Å². The summed E-state index contributed by atoms with van der Waals surface area (Å²) < 4.78 is 0.256. The van der Waals surface area contributed by atoms with E-state index in [1.807, 2.05) is 18.0 Å². The fraction of sp³-hybridized carbons (Fsp3) is 0.538. The first-order valence-corrected chi connectivity index (χ1v) is 9.31. The Bertz CT molecular complexity index is 691. The molecule has 0 aliphatic carbocycles. The number of nitrogens with zero attached hydrogens (tertiary/aromatic N) is 1. The largest absolute Gasteiger partial charge is 0.301 e. The van der Waals surface area contributed by atoms with Crippen molar-refractivity contribution in [2.45, 2.75) is 42.3 Å². The lowest BCUT2D eigenvalue weighted by Gasteiger charge is -2.31. The number of aromatic amines is 1. The van der Waals surface area contributed by atoms with Gasteiger partial charge in [0.15, 0.2) is 5.16 Å². The van der Waals surface area contributed by atoms with Gasteiger partial charge in [0.1, 0.15) is 4.83 Å². The maximum absolute atomic E-state index is 12.3. The molecule has 1 aliphatic rings. The van der Waals surface area contributed by atoms with Crippen LogP contribution >= 0.6 is 34.9 Å². The van der Waals surface area contributed by atoms with Gasteiger partial charge in [-0.2, -0.15) is 0 Å². The molecule has 2 aromatic rings. The van der Waals surface area contributed by atoms with Gasteiger partial charge < -0.3 is 4.98 Å². The normalized spacial score (nSPS) is 22.7. The van der Waals surface area contributed by atoms with E-state index in [1.54, 1.807) is 11.3 Å². The summed E-state index contributed by atoms with van der Waals surface area (Å²) in [6, 6.07) is 0. The van der Waals surface area contributed by atoms with Crippen LogP contribution in [0.2, 0.25) is 0 Å². The van der Waals surface area contributed by atoms with Gasteiger partial charge >= 0.3 is 0 Å². The number of nitrogens with one attached hydrogen (secondary N) is 1. The first kappa shape index (κ1) is 13.5. The Balaban J connectivity index is 2.21. The second kappa shape index (κ2) is 4.82. The van der Waals surface area contributed by atoms with Crippen molar-refractivity contribution in [2.75, 3.05) is 6.26 Å². The zero-order valence-electron chi connectivity index (χ0n) is 11.2. The number of thioether (sulfide) groups is 2. The van der Waals surface area contributed by atoms with Crippen molar-refractivity contribution in [1.29, 1.82) is 0 Å². The lowest BCUT2D eigenvalue weighted by Crippen LogP contribution is -2.26. The molecule has 6 heteroatoms. The standard InChI is InChI=1S/C13H16N2OS3/c1-4-13(2)5-7-8(6-18-13)19-11-9(7)10(16)14-12(15-11)17-3/h4-6H2,1-3H3,(H,14,15,16)/t13-/m0/s1. The molecular weight excluding hydrogens is 296 g/mol. The van der Waals surface area contributed by atoms with Gasteiger partial charge in [-0.25, -0.2) is 4.98 Å². The number of aromatic nitrogens is 2. The minimum atomic E-state index is 0.0252. The van der Waals surface area contributed by atoms with E-state index >= 15 is 0 Å². The number of thiophene rings is 1. The molecule has 1 N–H and O–H groups in total. The number of H-pyrrole nitrogens is 1. The maximum Gasteiger partial charge on any atom is 0.260 e. The fourth-order valence-corrected chi connectivity index (χ4v) is 5.32. The van der Waals surface area contributed by atoms with Gasteiger partial charge in [0, 0.05) is 15.4 Å². The molecule has 0 bridgehead atoms. The number of hydrogen-bond acceptors (Lipinski definition) is 5. The first-order chi connectivity index (χ1) is 9.06. The van der Waals surface area contributed by atoms with Crippen molar-refractivity contribution in [3.63, 3.8) is 0 Å². The lowest BCUT2D eigenvalue weighted by atomic mass is 9.96. The van der Waals surface area contributed by atoms with E-state index in [4.69, 9.17) is 0 Å². The van der Waals surface area contributed by atoms with E-state index in [2.05, 4.69) is 23.8 Å². The Morgan fingerprint density at radius 1 is 1.53 bits per heavy atom. The van der Waals surface area contributed by atoms with Gasteiger partial charge in [-0.1, -0.05) is 25.6 Å². The first-order valence-electron chi connectivity index (χ1n) is 6.29. The van der Waals surface area contributed by atoms with Crippen molar-refractivity contribution in [1.82, 2.24) is 9.97 Å². The minimum Gasteiger partial charge on any atom is -0.301 e. The number of hydrogen-bond donors (Lipinski definition) is 1. The predicted octanol–water partition coefficient (Wildman–Crippen LogP) is 3.66. The molecule has 0 radical (unpaired) electrons. The Morgan fingerprint density at radius 3 is 3.00 bits per heavy atom. The molecule has 1 aliphatic heterocycles. The lowest BCUT2D eigenvalue weighted by molar-refractivity contribution is 0.611. The molecule has 0 spiro atoms. The van der Waals surface area contributed by atoms with Crippen molar-refractivity contribution >= 4 is 45.1 Å². The molecule has 3 rings (SSSR count). The zero-order valence-corrected chi connectivity index (χ0v) is 13.7. The summed E-state index contributed by atoms with van der Waals surface area (Å²) in [6.07, 6.45) is 4.04. The van der Waals surface area contributed by atoms with Crippen LogP contribution in [0.25, 0.3) is 10.2 Å². The number of rotatable bonds is 2. The molecule has 3 heterocycles. The summed E-state index contributed by atoms with van der Waals surface area (Å²) in [5.74, 6) is 1.01. The molecule has 3 nitrogen and oxygen atoms in total. The molecule has 2 aromatic heterocycles. The molecule has 0 amide bonds. The van der Waals surface area contributed by atoms with E-state index in [-0.39, 0.29) is 10.3 Å². The zero-order chi connectivity index (χ0) is 13.6. The second-order valence-corrected chi connectivity index (χ2v) is 8.47. The molecular formula is C13H16N2OS3. The maximum atomic E-state index is 12.3. The molecule has 19 heavy (non-hydrogen) atoms. The predicted molar refractivity (Wildman–Crippen MR) is 85.7 cm³/mol. The molecule has 1 atom stereocenters. The highest BCUT2D eigenvalue weighted by Gasteiger charge is 2.32. The summed E-state index contributed by atoms with van der Waals surface area (Å²) in [5.41, 5.74) is 1.27. The Morgan fingerprint density at radius 2 is 2.32 bits per heavy atom. The quantitative estimate of drug-likeness (QED) is 0.679. The van der Waals surface area contributed by atoms with Crippen LogP contribution in [0.1, 0.15) is 30.7 Å². The van der Waals surface area contributed by atoms with E-state index in [0.29, 0.717) is 5.16 Å². The van der Waals surface area contributed by atoms with Crippen molar-refractivity contribution in [3.05, 3.63) is 20.8 Å². The summed E-state index contributed by atoms with van der Waals surface area (Å²) >= 11 is 5.18. The average molecular weight is 312 g/mol. The average Bonchev–Trinajstić information content (AvgIpc) is 2.76. The third-order valence-corrected chi connectivity index (χ3v) is 7.22. The van der Waals surface area contributed by atoms with Gasteiger partial charge in [-0.3, -0.25) is 4.79 Å². The molecule has 0 unspecified atom stereocenters. The van der Waals surface area contributed by atoms with Crippen LogP contribution in [0.3, 0.4) is 0 Å². The van der Waals surface area contributed by atoms with E-state index in [9.17, 15) is 4.79 Å². The van der Waals surface area contributed by atoms with Crippen molar-refractivity contribution in [3.8, 4) is 0 Å². The fourth-order valence-electron chi connectivity index (χ4n) is 2.38. The second-order valence-electron chi connectivity index (χ2n) is 5.03. The van der Waals surface area contributed by atoms with Crippen molar-refractivity contribution < 1.29 is 0 Å². The van der Waals surface area contributed by atoms with Crippen LogP contribution < -0.4 is 5.56 Å². The molecule has 102 valence electrons. The van der Waals surface area contributed by atoms with Crippen LogP contribution in [-0.4, -0.2) is 21.0 Å². The topological polar surface area (TPSA) is 45.8 Å². The highest BCUT2D eigenvalue weighted by Crippen LogP contribution is 2.45. The van der Waals surface area contributed by atoms with E-state index in [1.165, 1.54) is 22.2 Å². The minimum absolute atomic E-state index is 0.0252. The smallest absolute Gasteiger partial charge is 0.260 e. The van der Waals surface area contributed by atoms with Crippen LogP contribution in [0.4, 0.5) is 0 Å². The van der Waals surface area contributed by atoms with Gasteiger partial charge in [0.05, 0.1) is 5.39 Å². The Hall–Kier alpha value is -0.460. The van der Waals surface area contributed by atoms with Crippen LogP contribution in [-0.2, 0) is 12.2 Å². The van der Waals surface area contributed by atoms with Crippen molar-refractivity contribution in [2.24, 2.45) is 0 Å². The third kappa shape index (κ3) is 2.23. The highest BCUT2D eigenvalue weighted by molar-refractivity contribution is 8.00. The van der Waals surface area contributed by atoms with Crippen LogP contribution in [0.5, 0.6) is 0 Å². The van der Waals surface area contributed by atoms with E-state index in [0.717, 1.165) is 28.8 Å². The highest BCUT2D eigenvalue weighted by atomic mass is 32.2.